The molecule has 0 spiro atoms. The van der Waals surface area contributed by atoms with Crippen LogP contribution in [-0.4, -0.2) is 42.4 Å². The molecule has 4 heteroatoms. The Morgan fingerprint density at radius 2 is 2.38 bits per heavy atom. The number of rotatable bonds is 1. The topological polar surface area (TPSA) is 24.5 Å². The fourth-order valence-electron chi connectivity index (χ4n) is 1.57. The highest BCUT2D eigenvalue weighted by molar-refractivity contribution is 7.80. The molecule has 0 amide bonds. The summed E-state index contributed by atoms with van der Waals surface area (Å²) < 4.78 is 5.58. The standard InChI is InChI=1S/C9H18N2OS/c1-4-8-6-12-7(2)5-11(8)9(13)10-3/h7-8H,4-6H2,1-3H3,(H,10,13). The van der Waals surface area contributed by atoms with Crippen LogP contribution < -0.4 is 5.32 Å². The van der Waals surface area contributed by atoms with Gasteiger partial charge in [-0.3, -0.25) is 0 Å². The molecule has 2 unspecified atom stereocenters. The molecule has 13 heavy (non-hydrogen) atoms. The van der Waals surface area contributed by atoms with E-state index >= 15 is 0 Å². The molecule has 1 fully saturated rings. The third kappa shape index (κ3) is 2.54. The first-order valence-electron chi connectivity index (χ1n) is 4.79. The molecule has 0 radical (unpaired) electrons. The highest BCUT2D eigenvalue weighted by Gasteiger charge is 2.26. The third-order valence-electron chi connectivity index (χ3n) is 2.41. The minimum atomic E-state index is 0.286. The molecular formula is C9H18N2OS. The van der Waals surface area contributed by atoms with Crippen LogP contribution in [0.25, 0.3) is 0 Å². The largest absolute Gasteiger partial charge is 0.375 e. The van der Waals surface area contributed by atoms with Crippen LogP contribution in [0.1, 0.15) is 20.3 Å². The number of hydrogen-bond acceptors (Lipinski definition) is 2. The van der Waals surface area contributed by atoms with Crippen molar-refractivity contribution in [1.82, 2.24) is 10.2 Å². The van der Waals surface area contributed by atoms with E-state index in [0.29, 0.717) is 6.04 Å². The predicted molar refractivity (Wildman–Crippen MR) is 57.9 cm³/mol. The fourth-order valence-corrected chi connectivity index (χ4v) is 1.80. The Morgan fingerprint density at radius 1 is 1.69 bits per heavy atom. The van der Waals surface area contributed by atoms with Crippen molar-refractivity contribution in [3.05, 3.63) is 0 Å². The molecule has 0 saturated carbocycles. The van der Waals surface area contributed by atoms with E-state index in [1.54, 1.807) is 0 Å². The number of ether oxygens (including phenoxy) is 1. The van der Waals surface area contributed by atoms with Gasteiger partial charge in [0.15, 0.2) is 5.11 Å². The van der Waals surface area contributed by atoms with Crippen LogP contribution in [0.2, 0.25) is 0 Å². The molecule has 0 bridgehead atoms. The van der Waals surface area contributed by atoms with Crippen LogP contribution in [0.5, 0.6) is 0 Å². The van der Waals surface area contributed by atoms with Crippen molar-refractivity contribution in [2.24, 2.45) is 0 Å². The Bertz CT molecular complexity index is 186. The van der Waals surface area contributed by atoms with Crippen molar-refractivity contribution < 1.29 is 4.74 Å². The molecule has 1 saturated heterocycles. The van der Waals surface area contributed by atoms with Gasteiger partial charge in [-0.05, 0) is 25.6 Å². The van der Waals surface area contributed by atoms with Gasteiger partial charge in [-0.15, -0.1) is 0 Å². The summed E-state index contributed by atoms with van der Waals surface area (Å²) in [4.78, 5) is 2.23. The van der Waals surface area contributed by atoms with Crippen LogP contribution in [0.4, 0.5) is 0 Å². The lowest BCUT2D eigenvalue weighted by Gasteiger charge is -2.39. The molecule has 1 rings (SSSR count). The van der Waals surface area contributed by atoms with E-state index in [1.807, 2.05) is 7.05 Å². The van der Waals surface area contributed by atoms with Crippen molar-refractivity contribution >= 4 is 17.3 Å². The number of hydrogen-bond donors (Lipinski definition) is 1. The zero-order chi connectivity index (χ0) is 9.84. The van der Waals surface area contributed by atoms with E-state index in [0.717, 1.165) is 24.7 Å². The molecule has 1 aliphatic heterocycles. The Morgan fingerprint density at radius 3 is 2.92 bits per heavy atom. The van der Waals surface area contributed by atoms with Crippen molar-refractivity contribution in [1.29, 1.82) is 0 Å². The second-order valence-electron chi connectivity index (χ2n) is 3.41. The van der Waals surface area contributed by atoms with Crippen molar-refractivity contribution in [2.75, 3.05) is 20.2 Å². The van der Waals surface area contributed by atoms with Crippen LogP contribution in [-0.2, 0) is 4.74 Å². The zero-order valence-electron chi connectivity index (χ0n) is 8.54. The summed E-state index contributed by atoms with van der Waals surface area (Å²) >= 11 is 5.23. The normalized spacial score (nSPS) is 28.7. The van der Waals surface area contributed by atoms with Crippen LogP contribution >= 0.6 is 12.2 Å². The van der Waals surface area contributed by atoms with Gasteiger partial charge in [-0.1, -0.05) is 6.92 Å². The predicted octanol–water partition coefficient (Wildman–Crippen LogP) is 0.990. The zero-order valence-corrected chi connectivity index (χ0v) is 9.36. The van der Waals surface area contributed by atoms with Crippen LogP contribution in [0.3, 0.4) is 0 Å². The van der Waals surface area contributed by atoms with Crippen molar-refractivity contribution in [3.8, 4) is 0 Å². The van der Waals surface area contributed by atoms with Gasteiger partial charge in [0.25, 0.3) is 0 Å². The summed E-state index contributed by atoms with van der Waals surface area (Å²) in [7, 11) is 1.87. The second-order valence-corrected chi connectivity index (χ2v) is 3.80. The van der Waals surface area contributed by atoms with Crippen molar-refractivity contribution in [2.45, 2.75) is 32.4 Å². The molecule has 0 aromatic carbocycles. The third-order valence-corrected chi connectivity index (χ3v) is 2.85. The van der Waals surface area contributed by atoms with Gasteiger partial charge in [0.2, 0.25) is 0 Å². The first-order chi connectivity index (χ1) is 6.19. The quantitative estimate of drug-likeness (QED) is 0.641. The lowest BCUT2D eigenvalue weighted by atomic mass is 10.1. The molecule has 2 atom stereocenters. The van der Waals surface area contributed by atoms with Gasteiger partial charge in [0.05, 0.1) is 18.8 Å². The lowest BCUT2D eigenvalue weighted by Crippen LogP contribution is -2.53. The number of nitrogens with zero attached hydrogens (tertiary/aromatic N) is 1. The van der Waals surface area contributed by atoms with Gasteiger partial charge in [0, 0.05) is 13.6 Å². The minimum Gasteiger partial charge on any atom is -0.375 e. The summed E-state index contributed by atoms with van der Waals surface area (Å²) in [5.41, 5.74) is 0. The minimum absolute atomic E-state index is 0.286. The van der Waals surface area contributed by atoms with E-state index in [1.165, 1.54) is 0 Å². The van der Waals surface area contributed by atoms with Gasteiger partial charge in [-0.2, -0.15) is 0 Å². The van der Waals surface area contributed by atoms with Crippen LogP contribution in [0, 0.1) is 0 Å². The average molecular weight is 202 g/mol. The van der Waals surface area contributed by atoms with E-state index in [-0.39, 0.29) is 6.10 Å². The number of thiocarbonyl (C=S) groups is 1. The van der Waals surface area contributed by atoms with Gasteiger partial charge in [0.1, 0.15) is 0 Å². The SMILES string of the molecule is CCC1COC(C)CN1C(=S)NC. The Hall–Kier alpha value is -0.350. The van der Waals surface area contributed by atoms with Gasteiger partial charge >= 0.3 is 0 Å². The Labute approximate surface area is 85.4 Å². The molecule has 0 aromatic heterocycles. The highest BCUT2D eigenvalue weighted by Crippen LogP contribution is 2.14. The smallest absolute Gasteiger partial charge is 0.169 e. The summed E-state index contributed by atoms with van der Waals surface area (Å²) in [6.45, 7) is 5.93. The fraction of sp³-hybridized carbons (Fsp3) is 0.889. The summed E-state index contributed by atoms with van der Waals surface area (Å²) in [5, 5.41) is 3.86. The highest BCUT2D eigenvalue weighted by atomic mass is 32.1. The molecule has 0 aromatic rings. The molecule has 0 aliphatic carbocycles. The van der Waals surface area contributed by atoms with Crippen LogP contribution in [0.15, 0.2) is 0 Å². The van der Waals surface area contributed by atoms with E-state index in [9.17, 15) is 0 Å². The molecule has 1 heterocycles. The van der Waals surface area contributed by atoms with E-state index in [4.69, 9.17) is 17.0 Å². The molecular weight excluding hydrogens is 184 g/mol. The summed E-state index contributed by atoms with van der Waals surface area (Å²) in [6, 6.07) is 0.441. The molecule has 1 aliphatic rings. The second kappa shape index (κ2) is 4.77. The first kappa shape index (κ1) is 10.7. The summed E-state index contributed by atoms with van der Waals surface area (Å²) in [5.74, 6) is 0. The molecule has 1 N–H and O–H groups in total. The molecule has 76 valence electrons. The van der Waals surface area contributed by atoms with Crippen molar-refractivity contribution in [3.63, 3.8) is 0 Å². The Balaban J connectivity index is 2.59. The van der Waals surface area contributed by atoms with E-state index < -0.39 is 0 Å². The van der Waals surface area contributed by atoms with Gasteiger partial charge < -0.3 is 15.0 Å². The summed E-state index contributed by atoms with van der Waals surface area (Å²) in [6.07, 6.45) is 1.36. The first-order valence-corrected chi connectivity index (χ1v) is 5.19. The Kier molecular flexibility index (Phi) is 3.93. The molecule has 3 nitrogen and oxygen atoms in total. The maximum absolute atomic E-state index is 5.58. The maximum Gasteiger partial charge on any atom is 0.169 e. The van der Waals surface area contributed by atoms with Gasteiger partial charge in [-0.25, -0.2) is 0 Å². The maximum atomic E-state index is 5.58. The number of nitrogens with one attached hydrogen (secondary N) is 1. The van der Waals surface area contributed by atoms with E-state index in [2.05, 4.69) is 24.1 Å². The lowest BCUT2D eigenvalue weighted by molar-refractivity contribution is -0.0285. The number of morpholine rings is 1. The average Bonchev–Trinajstić information content (AvgIpc) is 2.16. The monoisotopic (exact) mass is 202 g/mol.